The highest BCUT2D eigenvalue weighted by Crippen LogP contribution is 2.44. The molecule has 0 radical (unpaired) electrons. The van der Waals surface area contributed by atoms with Crippen molar-refractivity contribution in [3.8, 4) is 11.5 Å². The topological polar surface area (TPSA) is 38.7 Å². The quantitative estimate of drug-likeness (QED) is 0.899. The number of hydrogen-bond acceptors (Lipinski definition) is 3. The van der Waals surface area contributed by atoms with Gasteiger partial charge >= 0.3 is 0 Å². The molecule has 15 heavy (non-hydrogen) atoms. The van der Waals surface area contributed by atoms with Crippen molar-refractivity contribution in [3.63, 3.8) is 0 Å². The van der Waals surface area contributed by atoms with Crippen LogP contribution in [0.5, 0.6) is 11.5 Å². The van der Waals surface area contributed by atoms with E-state index in [1.54, 1.807) is 0 Å². The Morgan fingerprint density at radius 2 is 2.13 bits per heavy atom. The van der Waals surface area contributed by atoms with Gasteiger partial charge in [0.1, 0.15) is 0 Å². The van der Waals surface area contributed by atoms with E-state index in [1.165, 1.54) is 0 Å². The second kappa shape index (κ2) is 3.68. The van der Waals surface area contributed by atoms with Crippen LogP contribution in [-0.4, -0.2) is 18.5 Å². The first-order valence-corrected chi connectivity index (χ1v) is 5.55. The van der Waals surface area contributed by atoms with Crippen molar-refractivity contribution < 1.29 is 14.6 Å². The highest BCUT2D eigenvalue weighted by molar-refractivity contribution is 9.10. The maximum atomic E-state index is 9.33. The average molecular weight is 273 g/mol. The highest BCUT2D eigenvalue weighted by Gasteiger charge is 2.27. The van der Waals surface area contributed by atoms with Crippen molar-refractivity contribution in [1.82, 2.24) is 0 Å². The zero-order chi connectivity index (χ0) is 11.1. The molecule has 1 aromatic carbocycles. The molecule has 1 N–H and O–H groups in total. The monoisotopic (exact) mass is 272 g/mol. The molecule has 0 spiro atoms. The van der Waals surface area contributed by atoms with Crippen LogP contribution in [0, 0.1) is 0 Å². The molecule has 0 aliphatic carbocycles. The van der Waals surface area contributed by atoms with Crippen LogP contribution in [0.15, 0.2) is 16.6 Å². The molecule has 0 saturated heterocycles. The highest BCUT2D eigenvalue weighted by atomic mass is 79.9. The van der Waals surface area contributed by atoms with E-state index in [9.17, 15) is 5.11 Å². The Morgan fingerprint density at radius 1 is 1.40 bits per heavy atom. The SMILES string of the molecule is CC(C)(CO)c1ccc2c(c1Br)OCO2. The van der Waals surface area contributed by atoms with E-state index in [-0.39, 0.29) is 18.8 Å². The van der Waals surface area contributed by atoms with Crippen LogP contribution in [0.2, 0.25) is 0 Å². The molecule has 0 aromatic heterocycles. The molecule has 82 valence electrons. The van der Waals surface area contributed by atoms with Gasteiger partial charge in [0.15, 0.2) is 11.5 Å². The van der Waals surface area contributed by atoms with E-state index in [1.807, 2.05) is 26.0 Å². The fraction of sp³-hybridized carbons (Fsp3) is 0.455. The van der Waals surface area contributed by atoms with Crippen LogP contribution < -0.4 is 9.47 Å². The zero-order valence-electron chi connectivity index (χ0n) is 8.71. The smallest absolute Gasteiger partial charge is 0.231 e. The first-order chi connectivity index (χ1) is 7.06. The predicted octanol–water partition coefficient (Wildman–Crippen LogP) is 2.45. The third kappa shape index (κ3) is 1.72. The lowest BCUT2D eigenvalue weighted by atomic mass is 9.85. The lowest BCUT2D eigenvalue weighted by molar-refractivity contribution is 0.173. The summed E-state index contributed by atoms with van der Waals surface area (Å²) in [4.78, 5) is 0. The minimum Gasteiger partial charge on any atom is -0.454 e. The molecule has 2 rings (SSSR count). The molecule has 3 nitrogen and oxygen atoms in total. The molecule has 0 saturated carbocycles. The summed E-state index contributed by atoms with van der Waals surface area (Å²) in [5.41, 5.74) is 0.731. The van der Waals surface area contributed by atoms with Gasteiger partial charge in [0, 0.05) is 5.41 Å². The Kier molecular flexibility index (Phi) is 2.64. The number of fused-ring (bicyclic) bond motifs is 1. The normalized spacial score (nSPS) is 14.4. The van der Waals surface area contributed by atoms with Gasteiger partial charge in [-0.3, -0.25) is 0 Å². The van der Waals surface area contributed by atoms with Gasteiger partial charge in [0.2, 0.25) is 6.79 Å². The standard InChI is InChI=1S/C11H13BrO3/c1-11(2,5-13)7-3-4-8-10(9(7)12)15-6-14-8/h3-4,13H,5-6H2,1-2H3. The van der Waals surface area contributed by atoms with Gasteiger partial charge in [-0.05, 0) is 27.6 Å². The number of hydrogen-bond donors (Lipinski definition) is 1. The molecule has 0 atom stereocenters. The van der Waals surface area contributed by atoms with Gasteiger partial charge in [-0.25, -0.2) is 0 Å². The average Bonchev–Trinajstić information content (AvgIpc) is 2.66. The van der Waals surface area contributed by atoms with Crippen molar-refractivity contribution in [1.29, 1.82) is 0 Å². The van der Waals surface area contributed by atoms with Crippen LogP contribution in [0.25, 0.3) is 0 Å². The molecule has 0 fully saturated rings. The van der Waals surface area contributed by atoms with Gasteiger partial charge in [-0.1, -0.05) is 19.9 Å². The maximum Gasteiger partial charge on any atom is 0.231 e. The van der Waals surface area contributed by atoms with Gasteiger partial charge in [-0.2, -0.15) is 0 Å². The number of aliphatic hydroxyl groups is 1. The summed E-state index contributed by atoms with van der Waals surface area (Å²) in [5, 5.41) is 9.33. The summed E-state index contributed by atoms with van der Waals surface area (Å²) in [6.07, 6.45) is 0. The van der Waals surface area contributed by atoms with E-state index in [0.29, 0.717) is 0 Å². The van der Waals surface area contributed by atoms with E-state index >= 15 is 0 Å². The Hall–Kier alpha value is -0.740. The molecule has 0 amide bonds. The van der Waals surface area contributed by atoms with E-state index in [0.717, 1.165) is 21.5 Å². The summed E-state index contributed by atoms with van der Waals surface area (Å²) >= 11 is 3.49. The van der Waals surface area contributed by atoms with E-state index in [4.69, 9.17) is 9.47 Å². The molecule has 0 unspecified atom stereocenters. The van der Waals surface area contributed by atoms with Crippen molar-refractivity contribution in [3.05, 3.63) is 22.2 Å². The largest absolute Gasteiger partial charge is 0.454 e. The Morgan fingerprint density at radius 3 is 2.80 bits per heavy atom. The molecule has 1 aromatic rings. The Balaban J connectivity index is 2.51. The van der Waals surface area contributed by atoms with Crippen LogP contribution in [0.1, 0.15) is 19.4 Å². The summed E-state index contributed by atoms with van der Waals surface area (Å²) in [6, 6.07) is 3.83. The molecule has 0 bridgehead atoms. The van der Waals surface area contributed by atoms with E-state index in [2.05, 4.69) is 15.9 Å². The minimum absolute atomic E-state index is 0.0885. The third-order valence-corrected chi connectivity index (χ3v) is 3.39. The van der Waals surface area contributed by atoms with Crippen molar-refractivity contribution in [2.45, 2.75) is 19.3 Å². The van der Waals surface area contributed by atoms with Gasteiger partial charge in [0.25, 0.3) is 0 Å². The first kappa shape index (κ1) is 10.8. The lowest BCUT2D eigenvalue weighted by Crippen LogP contribution is -2.22. The summed E-state index contributed by atoms with van der Waals surface area (Å²) in [5.74, 6) is 1.48. The number of ether oxygens (including phenoxy) is 2. The fourth-order valence-electron chi connectivity index (χ4n) is 1.55. The summed E-state index contributed by atoms with van der Waals surface area (Å²) in [7, 11) is 0. The molecule has 4 heteroatoms. The zero-order valence-corrected chi connectivity index (χ0v) is 10.3. The van der Waals surface area contributed by atoms with Gasteiger partial charge in [-0.15, -0.1) is 0 Å². The van der Waals surface area contributed by atoms with Crippen molar-refractivity contribution in [2.75, 3.05) is 13.4 Å². The minimum atomic E-state index is -0.292. The van der Waals surface area contributed by atoms with Crippen LogP contribution in [0.4, 0.5) is 0 Å². The van der Waals surface area contributed by atoms with E-state index < -0.39 is 0 Å². The third-order valence-electron chi connectivity index (χ3n) is 2.60. The van der Waals surface area contributed by atoms with Gasteiger partial charge in [0.05, 0.1) is 11.1 Å². The number of rotatable bonds is 2. The molecule has 1 aliphatic heterocycles. The second-order valence-corrected chi connectivity index (χ2v) is 5.00. The number of halogens is 1. The van der Waals surface area contributed by atoms with Crippen molar-refractivity contribution >= 4 is 15.9 Å². The van der Waals surface area contributed by atoms with Crippen LogP contribution in [-0.2, 0) is 5.41 Å². The second-order valence-electron chi connectivity index (χ2n) is 4.20. The molecule has 1 heterocycles. The Labute approximate surface area is 97.1 Å². The lowest BCUT2D eigenvalue weighted by Gasteiger charge is -2.24. The summed E-state index contributed by atoms with van der Waals surface area (Å²) < 4.78 is 11.5. The summed E-state index contributed by atoms with van der Waals surface area (Å²) in [6.45, 7) is 4.31. The van der Waals surface area contributed by atoms with Crippen LogP contribution >= 0.6 is 15.9 Å². The molecular weight excluding hydrogens is 260 g/mol. The molecular formula is C11H13BrO3. The first-order valence-electron chi connectivity index (χ1n) is 4.76. The van der Waals surface area contributed by atoms with Crippen LogP contribution in [0.3, 0.4) is 0 Å². The number of benzene rings is 1. The fourth-order valence-corrected chi connectivity index (χ4v) is 2.52. The maximum absolute atomic E-state index is 9.33. The Bertz CT molecular complexity index is 388. The molecule has 1 aliphatic rings. The number of aliphatic hydroxyl groups excluding tert-OH is 1. The predicted molar refractivity (Wildman–Crippen MR) is 60.4 cm³/mol. The van der Waals surface area contributed by atoms with Crippen molar-refractivity contribution in [2.24, 2.45) is 0 Å². The van der Waals surface area contributed by atoms with Gasteiger partial charge < -0.3 is 14.6 Å².